The van der Waals surface area contributed by atoms with Gasteiger partial charge in [0.25, 0.3) is 0 Å². The van der Waals surface area contributed by atoms with Gasteiger partial charge in [-0.05, 0) is 18.2 Å². The molecule has 2 rings (SSSR count). The maximum atomic E-state index is 10.7. The molecule has 0 spiro atoms. The lowest BCUT2D eigenvalue weighted by molar-refractivity contribution is -0.0572. The smallest absolute Gasteiger partial charge is 0.150 e. The number of carbonyl (C=O) groups is 1. The Hall–Kier alpha value is -1.10. The quantitative estimate of drug-likeness (QED) is 0.860. The number of benzene rings is 1. The summed E-state index contributed by atoms with van der Waals surface area (Å²) >= 11 is 6.16. The maximum Gasteiger partial charge on any atom is 0.150 e. The number of likely N-dealkylation sites (N-methyl/N-ethyl adjacent to an activating group) is 1. The molecule has 1 aromatic rings. The molecule has 1 saturated heterocycles. The molecule has 1 aliphatic rings. The summed E-state index contributed by atoms with van der Waals surface area (Å²) in [5, 5.41) is 11.0. The lowest BCUT2D eigenvalue weighted by Crippen LogP contribution is -2.45. The molecule has 0 aliphatic carbocycles. The molecule has 4 nitrogen and oxygen atoms in total. The summed E-state index contributed by atoms with van der Waals surface area (Å²) < 4.78 is 5.26. The van der Waals surface area contributed by atoms with Crippen LogP contribution < -0.4 is 4.90 Å². The summed E-state index contributed by atoms with van der Waals surface area (Å²) in [6.07, 6.45) is 2.02. The van der Waals surface area contributed by atoms with E-state index in [0.29, 0.717) is 43.2 Å². The van der Waals surface area contributed by atoms with E-state index in [2.05, 4.69) is 0 Å². The molecule has 0 radical (unpaired) electrons. The fourth-order valence-corrected chi connectivity index (χ4v) is 2.68. The molecule has 1 N–H and O–H groups in total. The number of aldehydes is 1. The zero-order chi connectivity index (χ0) is 13.9. The minimum atomic E-state index is -0.736. The number of halogens is 1. The first-order valence-corrected chi connectivity index (χ1v) is 6.68. The maximum absolute atomic E-state index is 10.7. The van der Waals surface area contributed by atoms with Gasteiger partial charge in [0.05, 0.1) is 16.3 Å². The number of nitrogens with zero attached hydrogens (tertiary/aromatic N) is 1. The molecule has 1 heterocycles. The number of hydrogen-bond donors (Lipinski definition) is 1. The van der Waals surface area contributed by atoms with Crippen molar-refractivity contribution in [2.45, 2.75) is 18.4 Å². The van der Waals surface area contributed by atoms with E-state index in [9.17, 15) is 9.90 Å². The molecular weight excluding hydrogens is 266 g/mol. The van der Waals surface area contributed by atoms with Gasteiger partial charge in [-0.25, -0.2) is 0 Å². The summed E-state index contributed by atoms with van der Waals surface area (Å²) in [7, 11) is 1.88. The van der Waals surface area contributed by atoms with Crippen LogP contribution in [0, 0.1) is 0 Å². The Balaban J connectivity index is 2.10. The molecule has 0 bridgehead atoms. The van der Waals surface area contributed by atoms with Crippen molar-refractivity contribution in [3.8, 4) is 0 Å². The van der Waals surface area contributed by atoms with E-state index in [-0.39, 0.29) is 0 Å². The van der Waals surface area contributed by atoms with Crippen LogP contribution in [0.1, 0.15) is 23.2 Å². The van der Waals surface area contributed by atoms with E-state index in [1.54, 1.807) is 18.2 Å². The van der Waals surface area contributed by atoms with E-state index >= 15 is 0 Å². The average molecular weight is 284 g/mol. The monoisotopic (exact) mass is 283 g/mol. The molecule has 0 atom stereocenters. The SMILES string of the molecule is CN(CC1(O)CCOCC1)c1ccc(C=O)cc1Cl. The van der Waals surface area contributed by atoms with Gasteiger partial charge in [-0.1, -0.05) is 11.6 Å². The van der Waals surface area contributed by atoms with Gasteiger partial charge < -0.3 is 14.7 Å². The summed E-state index contributed by atoms with van der Waals surface area (Å²) in [5.41, 5.74) is 0.624. The standard InChI is InChI=1S/C14H18ClNO3/c1-16(10-14(18)4-6-19-7-5-14)13-3-2-11(9-17)8-12(13)15/h2-3,8-9,18H,4-7,10H2,1H3. The number of carbonyl (C=O) groups excluding carboxylic acids is 1. The number of ether oxygens (including phenoxy) is 1. The first kappa shape index (κ1) is 14.3. The Morgan fingerprint density at radius 2 is 2.16 bits per heavy atom. The van der Waals surface area contributed by atoms with Gasteiger partial charge in [-0.2, -0.15) is 0 Å². The molecule has 1 aromatic carbocycles. The summed E-state index contributed by atoms with van der Waals surface area (Å²) in [5.74, 6) is 0. The van der Waals surface area contributed by atoms with Crippen LogP contribution >= 0.6 is 11.6 Å². The highest BCUT2D eigenvalue weighted by Gasteiger charge is 2.31. The van der Waals surface area contributed by atoms with Gasteiger partial charge >= 0.3 is 0 Å². The van der Waals surface area contributed by atoms with Crippen LogP contribution in [-0.2, 0) is 4.74 Å². The summed E-state index contributed by atoms with van der Waals surface area (Å²) in [4.78, 5) is 12.6. The van der Waals surface area contributed by atoms with Crippen LogP contribution in [-0.4, -0.2) is 43.8 Å². The summed E-state index contributed by atoms with van der Waals surface area (Å²) in [6.45, 7) is 1.67. The predicted molar refractivity (Wildman–Crippen MR) is 75.1 cm³/mol. The van der Waals surface area contributed by atoms with Crippen LogP contribution in [0.25, 0.3) is 0 Å². The second-order valence-corrected chi connectivity index (χ2v) is 5.43. The van der Waals surface area contributed by atoms with E-state index < -0.39 is 5.60 Å². The van der Waals surface area contributed by atoms with Crippen LogP contribution in [0.15, 0.2) is 18.2 Å². The molecule has 19 heavy (non-hydrogen) atoms. The Labute approximate surface area is 117 Å². The van der Waals surface area contributed by atoms with Crippen LogP contribution in [0.3, 0.4) is 0 Å². The van der Waals surface area contributed by atoms with Crippen LogP contribution in [0.2, 0.25) is 5.02 Å². The van der Waals surface area contributed by atoms with Gasteiger partial charge in [0.15, 0.2) is 0 Å². The van der Waals surface area contributed by atoms with Crippen molar-refractivity contribution in [1.29, 1.82) is 0 Å². The fourth-order valence-electron chi connectivity index (χ4n) is 2.34. The molecular formula is C14H18ClNO3. The number of hydrogen-bond acceptors (Lipinski definition) is 4. The Bertz CT molecular complexity index is 458. The molecule has 0 aromatic heterocycles. The van der Waals surface area contributed by atoms with Crippen molar-refractivity contribution in [2.75, 3.05) is 31.7 Å². The van der Waals surface area contributed by atoms with E-state index in [4.69, 9.17) is 16.3 Å². The zero-order valence-corrected chi connectivity index (χ0v) is 11.7. The minimum Gasteiger partial charge on any atom is -0.388 e. The van der Waals surface area contributed by atoms with Crippen molar-refractivity contribution >= 4 is 23.6 Å². The van der Waals surface area contributed by atoms with Crippen LogP contribution in [0.4, 0.5) is 5.69 Å². The molecule has 104 valence electrons. The molecule has 1 fully saturated rings. The van der Waals surface area contributed by atoms with Crippen molar-refractivity contribution in [1.82, 2.24) is 0 Å². The molecule has 0 saturated carbocycles. The Morgan fingerprint density at radius 3 is 2.74 bits per heavy atom. The largest absolute Gasteiger partial charge is 0.388 e. The highest BCUT2D eigenvalue weighted by atomic mass is 35.5. The third-order valence-electron chi connectivity index (χ3n) is 3.47. The predicted octanol–water partition coefficient (Wildman–Crippen LogP) is 2.13. The molecule has 5 heteroatoms. The lowest BCUT2D eigenvalue weighted by atomic mass is 9.94. The second-order valence-electron chi connectivity index (χ2n) is 5.02. The first-order chi connectivity index (χ1) is 9.04. The molecule has 0 unspecified atom stereocenters. The Morgan fingerprint density at radius 1 is 1.47 bits per heavy atom. The van der Waals surface area contributed by atoms with E-state index in [0.717, 1.165) is 12.0 Å². The van der Waals surface area contributed by atoms with Crippen LogP contribution in [0.5, 0.6) is 0 Å². The van der Waals surface area contributed by atoms with Crippen molar-refractivity contribution in [3.63, 3.8) is 0 Å². The van der Waals surface area contributed by atoms with Gasteiger partial charge in [0, 0.05) is 45.2 Å². The number of anilines is 1. The molecule has 1 aliphatic heterocycles. The topological polar surface area (TPSA) is 49.8 Å². The first-order valence-electron chi connectivity index (χ1n) is 6.30. The zero-order valence-electron chi connectivity index (χ0n) is 10.9. The molecule has 0 amide bonds. The summed E-state index contributed by atoms with van der Waals surface area (Å²) in [6, 6.07) is 5.15. The third kappa shape index (κ3) is 3.47. The second kappa shape index (κ2) is 5.90. The van der Waals surface area contributed by atoms with Crippen molar-refractivity contribution < 1.29 is 14.6 Å². The lowest BCUT2D eigenvalue weighted by Gasteiger charge is -2.36. The van der Waals surface area contributed by atoms with Crippen molar-refractivity contribution in [3.05, 3.63) is 28.8 Å². The van der Waals surface area contributed by atoms with Gasteiger partial charge in [0.2, 0.25) is 0 Å². The minimum absolute atomic E-state index is 0.497. The highest BCUT2D eigenvalue weighted by Crippen LogP contribution is 2.29. The van der Waals surface area contributed by atoms with E-state index in [1.165, 1.54) is 0 Å². The third-order valence-corrected chi connectivity index (χ3v) is 3.78. The highest BCUT2D eigenvalue weighted by molar-refractivity contribution is 6.33. The fraction of sp³-hybridized carbons (Fsp3) is 0.500. The normalized spacial score (nSPS) is 18.1. The van der Waals surface area contributed by atoms with Gasteiger partial charge in [0.1, 0.15) is 6.29 Å². The number of aliphatic hydroxyl groups is 1. The number of rotatable bonds is 4. The van der Waals surface area contributed by atoms with Gasteiger partial charge in [-0.3, -0.25) is 4.79 Å². The Kier molecular flexibility index (Phi) is 4.45. The van der Waals surface area contributed by atoms with Gasteiger partial charge in [-0.15, -0.1) is 0 Å². The average Bonchev–Trinajstić information content (AvgIpc) is 2.38. The van der Waals surface area contributed by atoms with Crippen molar-refractivity contribution in [2.24, 2.45) is 0 Å². The van der Waals surface area contributed by atoms with E-state index in [1.807, 2.05) is 11.9 Å².